The quantitative estimate of drug-likeness (QED) is 0.613. The van der Waals surface area contributed by atoms with Crippen molar-refractivity contribution in [3.05, 3.63) is 0 Å². The summed E-state index contributed by atoms with van der Waals surface area (Å²) in [5, 5.41) is 3.04. The highest BCUT2D eigenvalue weighted by molar-refractivity contribution is 5.81. The molecule has 0 heterocycles. The minimum absolute atomic E-state index is 0.112. The minimum Gasteiger partial charge on any atom is -0.369 e. The predicted molar refractivity (Wildman–Crippen MR) is 44.0 cm³/mol. The standard InChI is InChI=1S/C8H16N2O/c1-10-6-5-8(7(9)11)3-2-4-8/h10H,2-6H2,1H3,(H2,9,11). The third-order valence-electron chi connectivity index (χ3n) is 2.69. The highest BCUT2D eigenvalue weighted by Gasteiger charge is 2.41. The maximum Gasteiger partial charge on any atom is 0.223 e. The fraction of sp³-hybridized carbons (Fsp3) is 0.875. The number of amides is 1. The van der Waals surface area contributed by atoms with E-state index in [2.05, 4.69) is 5.32 Å². The summed E-state index contributed by atoms with van der Waals surface area (Å²) in [6.45, 7) is 0.892. The zero-order chi connectivity index (χ0) is 8.32. The molecule has 11 heavy (non-hydrogen) atoms. The molecule has 0 bridgehead atoms. The Kier molecular flexibility index (Phi) is 2.49. The monoisotopic (exact) mass is 156 g/mol. The average Bonchev–Trinajstić information content (AvgIpc) is 1.85. The lowest BCUT2D eigenvalue weighted by Gasteiger charge is -2.38. The van der Waals surface area contributed by atoms with Crippen LogP contribution >= 0.6 is 0 Å². The predicted octanol–water partition coefficient (Wildman–Crippen LogP) is 0.251. The molecular formula is C8H16N2O. The first-order chi connectivity index (χ1) is 5.21. The number of primary amides is 1. The largest absolute Gasteiger partial charge is 0.369 e. The van der Waals surface area contributed by atoms with Crippen LogP contribution in [0.4, 0.5) is 0 Å². The second kappa shape index (κ2) is 3.22. The summed E-state index contributed by atoms with van der Waals surface area (Å²) < 4.78 is 0. The lowest BCUT2D eigenvalue weighted by Crippen LogP contribution is -2.44. The molecule has 0 atom stereocenters. The van der Waals surface area contributed by atoms with Gasteiger partial charge >= 0.3 is 0 Å². The van der Waals surface area contributed by atoms with Crippen molar-refractivity contribution in [1.29, 1.82) is 0 Å². The van der Waals surface area contributed by atoms with Gasteiger partial charge in [-0.25, -0.2) is 0 Å². The molecule has 0 radical (unpaired) electrons. The Morgan fingerprint density at radius 3 is 2.55 bits per heavy atom. The molecule has 1 saturated carbocycles. The Balaban J connectivity index is 2.40. The van der Waals surface area contributed by atoms with Crippen LogP contribution in [0, 0.1) is 5.41 Å². The summed E-state index contributed by atoms with van der Waals surface area (Å²) in [5.41, 5.74) is 5.16. The van der Waals surface area contributed by atoms with Gasteiger partial charge in [0.15, 0.2) is 0 Å². The van der Waals surface area contributed by atoms with E-state index in [4.69, 9.17) is 5.73 Å². The van der Waals surface area contributed by atoms with Crippen molar-refractivity contribution in [2.24, 2.45) is 11.1 Å². The summed E-state index contributed by atoms with van der Waals surface area (Å²) >= 11 is 0. The summed E-state index contributed by atoms with van der Waals surface area (Å²) in [5.74, 6) is -0.112. The molecule has 1 amide bonds. The Bertz CT molecular complexity index is 152. The van der Waals surface area contributed by atoms with Crippen LogP contribution in [0.15, 0.2) is 0 Å². The lowest BCUT2D eigenvalue weighted by atomic mass is 9.66. The van der Waals surface area contributed by atoms with Gasteiger partial charge in [0.1, 0.15) is 0 Å². The molecule has 0 spiro atoms. The molecule has 0 aromatic rings. The Labute approximate surface area is 67.3 Å². The fourth-order valence-corrected chi connectivity index (χ4v) is 1.59. The van der Waals surface area contributed by atoms with Gasteiger partial charge in [-0.1, -0.05) is 6.42 Å². The normalized spacial score (nSPS) is 20.8. The van der Waals surface area contributed by atoms with Crippen molar-refractivity contribution in [3.63, 3.8) is 0 Å². The van der Waals surface area contributed by atoms with Crippen LogP contribution in [0.25, 0.3) is 0 Å². The van der Waals surface area contributed by atoms with Crippen LogP contribution in [0.1, 0.15) is 25.7 Å². The Hall–Kier alpha value is -0.570. The smallest absolute Gasteiger partial charge is 0.223 e. The maximum atomic E-state index is 11.0. The average molecular weight is 156 g/mol. The van der Waals surface area contributed by atoms with Gasteiger partial charge in [0.25, 0.3) is 0 Å². The molecule has 0 saturated heterocycles. The highest BCUT2D eigenvalue weighted by atomic mass is 16.1. The summed E-state index contributed by atoms with van der Waals surface area (Å²) in [6, 6.07) is 0. The zero-order valence-corrected chi connectivity index (χ0v) is 7.02. The van der Waals surface area contributed by atoms with Crippen molar-refractivity contribution in [2.45, 2.75) is 25.7 Å². The van der Waals surface area contributed by atoms with E-state index in [-0.39, 0.29) is 11.3 Å². The first-order valence-corrected chi connectivity index (χ1v) is 4.16. The number of carbonyl (C=O) groups excluding carboxylic acids is 1. The minimum atomic E-state index is -0.150. The molecule has 64 valence electrons. The summed E-state index contributed by atoms with van der Waals surface area (Å²) in [4.78, 5) is 11.0. The molecule has 1 aliphatic rings. The molecule has 0 aliphatic heterocycles. The van der Waals surface area contributed by atoms with Gasteiger partial charge in [-0.2, -0.15) is 0 Å². The van der Waals surface area contributed by atoms with E-state index in [1.54, 1.807) is 0 Å². The van der Waals surface area contributed by atoms with Crippen molar-refractivity contribution in [1.82, 2.24) is 5.32 Å². The van der Waals surface area contributed by atoms with Crippen LogP contribution in [0.5, 0.6) is 0 Å². The van der Waals surface area contributed by atoms with E-state index in [1.165, 1.54) is 0 Å². The van der Waals surface area contributed by atoms with E-state index in [9.17, 15) is 4.79 Å². The van der Waals surface area contributed by atoms with Crippen LogP contribution < -0.4 is 11.1 Å². The van der Waals surface area contributed by atoms with Gasteiger partial charge in [-0.05, 0) is 32.9 Å². The third kappa shape index (κ3) is 1.53. The SMILES string of the molecule is CNCCC1(C(N)=O)CCC1. The van der Waals surface area contributed by atoms with E-state index >= 15 is 0 Å². The van der Waals surface area contributed by atoms with Crippen molar-refractivity contribution in [2.75, 3.05) is 13.6 Å². The molecule has 1 fully saturated rings. The van der Waals surface area contributed by atoms with Crippen LogP contribution in [0.3, 0.4) is 0 Å². The van der Waals surface area contributed by atoms with Crippen molar-refractivity contribution >= 4 is 5.91 Å². The first kappa shape index (κ1) is 8.53. The Morgan fingerprint density at radius 2 is 2.27 bits per heavy atom. The first-order valence-electron chi connectivity index (χ1n) is 4.16. The molecule has 3 N–H and O–H groups in total. The fourth-order valence-electron chi connectivity index (χ4n) is 1.59. The van der Waals surface area contributed by atoms with E-state index in [0.717, 1.165) is 32.2 Å². The molecule has 0 unspecified atom stereocenters. The molecule has 1 aliphatic carbocycles. The van der Waals surface area contributed by atoms with E-state index in [0.29, 0.717) is 0 Å². The van der Waals surface area contributed by atoms with Gasteiger partial charge in [-0.15, -0.1) is 0 Å². The van der Waals surface area contributed by atoms with E-state index in [1.807, 2.05) is 7.05 Å². The zero-order valence-electron chi connectivity index (χ0n) is 7.02. The second-order valence-corrected chi connectivity index (χ2v) is 3.35. The van der Waals surface area contributed by atoms with Gasteiger partial charge in [0.05, 0.1) is 5.41 Å². The van der Waals surface area contributed by atoms with Gasteiger partial charge in [0.2, 0.25) is 5.91 Å². The molecule has 0 aromatic heterocycles. The van der Waals surface area contributed by atoms with Crippen LogP contribution in [0.2, 0.25) is 0 Å². The summed E-state index contributed by atoms with van der Waals surface area (Å²) in [6.07, 6.45) is 4.04. The van der Waals surface area contributed by atoms with Gasteiger partial charge in [-0.3, -0.25) is 4.79 Å². The highest BCUT2D eigenvalue weighted by Crippen LogP contribution is 2.43. The number of nitrogens with two attached hydrogens (primary N) is 1. The number of rotatable bonds is 4. The topological polar surface area (TPSA) is 55.1 Å². The second-order valence-electron chi connectivity index (χ2n) is 3.35. The number of carbonyl (C=O) groups is 1. The van der Waals surface area contributed by atoms with Crippen molar-refractivity contribution < 1.29 is 4.79 Å². The van der Waals surface area contributed by atoms with Gasteiger partial charge in [0, 0.05) is 0 Å². The molecule has 1 rings (SSSR count). The molecule has 0 aromatic carbocycles. The van der Waals surface area contributed by atoms with Gasteiger partial charge < -0.3 is 11.1 Å². The molecular weight excluding hydrogens is 140 g/mol. The lowest BCUT2D eigenvalue weighted by molar-refractivity contribution is -0.132. The van der Waals surface area contributed by atoms with Crippen LogP contribution in [-0.2, 0) is 4.79 Å². The summed E-state index contributed by atoms with van der Waals surface area (Å²) in [7, 11) is 1.90. The molecule has 3 heteroatoms. The Morgan fingerprint density at radius 1 is 1.64 bits per heavy atom. The van der Waals surface area contributed by atoms with Crippen molar-refractivity contribution in [3.8, 4) is 0 Å². The van der Waals surface area contributed by atoms with Crippen LogP contribution in [-0.4, -0.2) is 19.5 Å². The number of hydrogen-bond donors (Lipinski definition) is 2. The number of nitrogens with one attached hydrogen (secondary N) is 1. The molecule has 3 nitrogen and oxygen atoms in total. The number of hydrogen-bond acceptors (Lipinski definition) is 2. The maximum absolute atomic E-state index is 11.0. The third-order valence-corrected chi connectivity index (χ3v) is 2.69. The van der Waals surface area contributed by atoms with E-state index < -0.39 is 0 Å².